The quantitative estimate of drug-likeness (QED) is 0.681. The summed E-state index contributed by atoms with van der Waals surface area (Å²) in [6, 6.07) is 5.68. The molecule has 1 aromatic heterocycles. The second kappa shape index (κ2) is 2.99. The molecular weight excluding hydrogens is 188 g/mol. The van der Waals surface area contributed by atoms with E-state index in [4.69, 9.17) is 21.6 Å². The van der Waals surface area contributed by atoms with E-state index in [0.717, 1.165) is 0 Å². The van der Waals surface area contributed by atoms with Crippen LogP contribution in [0.3, 0.4) is 0 Å². The first-order valence-electron chi connectivity index (χ1n) is 3.88. The summed E-state index contributed by atoms with van der Waals surface area (Å²) in [6.45, 7) is 0.778. The number of hydrogen-bond acceptors (Lipinski definition) is 3. The minimum Gasteiger partial charge on any atom is -0.377 e. The van der Waals surface area contributed by atoms with Crippen molar-refractivity contribution in [2.24, 2.45) is 0 Å². The summed E-state index contributed by atoms with van der Waals surface area (Å²) in [5.74, 6) is 0. The summed E-state index contributed by atoms with van der Waals surface area (Å²) in [4.78, 5) is 4.11. The van der Waals surface area contributed by atoms with Gasteiger partial charge in [0.2, 0.25) is 0 Å². The average molecular weight is 195 g/mol. The monoisotopic (exact) mass is 194 g/mol. The average Bonchev–Trinajstić information content (AvgIpc) is 2.07. The second-order valence-electron chi connectivity index (χ2n) is 3.02. The molecule has 1 fully saturated rings. The number of halogens is 1. The van der Waals surface area contributed by atoms with E-state index in [2.05, 4.69) is 11.1 Å². The lowest BCUT2D eigenvalue weighted by Crippen LogP contribution is -2.46. The molecule has 3 nitrogen and oxygen atoms in total. The number of ether oxygens (including phenoxy) is 1. The van der Waals surface area contributed by atoms with Gasteiger partial charge < -0.3 is 4.74 Å². The van der Waals surface area contributed by atoms with Gasteiger partial charge in [-0.1, -0.05) is 11.6 Å². The highest BCUT2D eigenvalue weighted by atomic mass is 35.5. The molecule has 0 aromatic carbocycles. The SMILES string of the molecule is N#CC1(c2ncccc2Cl)COC1. The maximum Gasteiger partial charge on any atom is 0.147 e. The summed E-state index contributed by atoms with van der Waals surface area (Å²) in [5, 5.41) is 9.52. The van der Waals surface area contributed by atoms with Crippen molar-refractivity contribution in [1.29, 1.82) is 5.26 Å². The van der Waals surface area contributed by atoms with Crippen LogP contribution in [0.4, 0.5) is 0 Å². The largest absolute Gasteiger partial charge is 0.377 e. The van der Waals surface area contributed by atoms with Crippen LogP contribution in [0.15, 0.2) is 18.3 Å². The molecule has 0 bridgehead atoms. The highest BCUT2D eigenvalue weighted by Gasteiger charge is 2.43. The van der Waals surface area contributed by atoms with Gasteiger partial charge in [-0.25, -0.2) is 0 Å². The van der Waals surface area contributed by atoms with E-state index in [1.54, 1.807) is 18.3 Å². The van der Waals surface area contributed by atoms with Gasteiger partial charge in [-0.2, -0.15) is 5.26 Å². The molecule has 0 amide bonds. The molecule has 4 heteroatoms. The minimum absolute atomic E-state index is 0.389. The highest BCUT2D eigenvalue weighted by Crippen LogP contribution is 2.34. The summed E-state index contributed by atoms with van der Waals surface area (Å²) >= 11 is 5.93. The first kappa shape index (κ1) is 8.49. The molecule has 1 aromatic rings. The van der Waals surface area contributed by atoms with Crippen LogP contribution in [0.5, 0.6) is 0 Å². The predicted octanol–water partition coefficient (Wildman–Crippen LogP) is 1.53. The Morgan fingerprint density at radius 3 is 2.85 bits per heavy atom. The van der Waals surface area contributed by atoms with E-state index in [9.17, 15) is 0 Å². The maximum absolute atomic E-state index is 8.99. The number of aromatic nitrogens is 1. The number of rotatable bonds is 1. The van der Waals surface area contributed by atoms with Crippen LogP contribution < -0.4 is 0 Å². The molecule has 0 aliphatic carbocycles. The van der Waals surface area contributed by atoms with E-state index in [0.29, 0.717) is 23.9 Å². The van der Waals surface area contributed by atoms with Crippen molar-refractivity contribution < 1.29 is 4.74 Å². The van der Waals surface area contributed by atoms with Crippen LogP contribution >= 0.6 is 11.6 Å². The van der Waals surface area contributed by atoms with Crippen LogP contribution in [0.1, 0.15) is 5.69 Å². The fourth-order valence-electron chi connectivity index (χ4n) is 1.30. The zero-order valence-electron chi connectivity index (χ0n) is 6.83. The van der Waals surface area contributed by atoms with Gasteiger partial charge in [0, 0.05) is 6.20 Å². The summed E-state index contributed by atoms with van der Waals surface area (Å²) in [7, 11) is 0. The van der Waals surface area contributed by atoms with Crippen LogP contribution in [-0.4, -0.2) is 18.2 Å². The third kappa shape index (κ3) is 1.19. The molecule has 0 radical (unpaired) electrons. The Morgan fingerprint density at radius 1 is 1.62 bits per heavy atom. The van der Waals surface area contributed by atoms with Crippen molar-refractivity contribution in [2.75, 3.05) is 13.2 Å². The van der Waals surface area contributed by atoms with Crippen molar-refractivity contribution in [3.63, 3.8) is 0 Å². The van der Waals surface area contributed by atoms with Gasteiger partial charge in [-0.3, -0.25) is 4.98 Å². The van der Waals surface area contributed by atoms with Gasteiger partial charge in [-0.15, -0.1) is 0 Å². The molecule has 1 saturated heterocycles. The number of pyridine rings is 1. The Bertz CT molecular complexity index is 368. The fourth-order valence-corrected chi connectivity index (χ4v) is 1.60. The molecule has 0 N–H and O–H groups in total. The number of hydrogen-bond donors (Lipinski definition) is 0. The second-order valence-corrected chi connectivity index (χ2v) is 3.43. The normalized spacial score (nSPS) is 18.8. The molecular formula is C9H7ClN2O. The Labute approximate surface area is 80.9 Å². The summed E-state index contributed by atoms with van der Waals surface area (Å²) < 4.78 is 5.02. The molecule has 66 valence electrons. The predicted molar refractivity (Wildman–Crippen MR) is 47.4 cm³/mol. The lowest BCUT2D eigenvalue weighted by molar-refractivity contribution is -0.0317. The lowest BCUT2D eigenvalue weighted by Gasteiger charge is -2.34. The first-order chi connectivity index (χ1) is 6.28. The Hall–Kier alpha value is -1.11. The van der Waals surface area contributed by atoms with E-state index < -0.39 is 5.41 Å². The molecule has 13 heavy (non-hydrogen) atoms. The van der Waals surface area contributed by atoms with Crippen molar-refractivity contribution in [3.8, 4) is 6.07 Å². The smallest absolute Gasteiger partial charge is 0.147 e. The van der Waals surface area contributed by atoms with Gasteiger partial charge in [0.1, 0.15) is 5.41 Å². The zero-order chi connectivity index (χ0) is 9.31. The maximum atomic E-state index is 8.99. The van der Waals surface area contributed by atoms with E-state index in [-0.39, 0.29) is 0 Å². The van der Waals surface area contributed by atoms with Crippen LogP contribution in [-0.2, 0) is 10.2 Å². The molecule has 0 unspecified atom stereocenters. The third-order valence-corrected chi connectivity index (χ3v) is 2.43. The fraction of sp³-hybridized carbons (Fsp3) is 0.333. The molecule has 0 saturated carbocycles. The molecule has 2 rings (SSSR count). The van der Waals surface area contributed by atoms with Crippen molar-refractivity contribution in [2.45, 2.75) is 5.41 Å². The van der Waals surface area contributed by atoms with Gasteiger partial charge in [-0.05, 0) is 12.1 Å². The third-order valence-electron chi connectivity index (χ3n) is 2.12. The lowest BCUT2D eigenvalue weighted by atomic mass is 9.84. The highest BCUT2D eigenvalue weighted by molar-refractivity contribution is 6.31. The molecule has 0 spiro atoms. The van der Waals surface area contributed by atoms with Gasteiger partial charge in [0.15, 0.2) is 0 Å². The molecule has 1 aliphatic heterocycles. The standard InChI is InChI=1S/C9H7ClN2O/c10-7-2-1-3-12-8(7)9(4-11)5-13-6-9/h1-3H,5-6H2. The Morgan fingerprint density at radius 2 is 2.38 bits per heavy atom. The summed E-state index contributed by atoms with van der Waals surface area (Å²) in [5.41, 5.74) is 0.0173. The van der Waals surface area contributed by atoms with Crippen molar-refractivity contribution in [1.82, 2.24) is 4.98 Å². The van der Waals surface area contributed by atoms with E-state index in [1.807, 2.05) is 0 Å². The minimum atomic E-state index is -0.613. The van der Waals surface area contributed by atoms with Crippen LogP contribution in [0.2, 0.25) is 5.02 Å². The molecule has 0 atom stereocenters. The number of nitrogens with zero attached hydrogens (tertiary/aromatic N) is 2. The van der Waals surface area contributed by atoms with E-state index in [1.165, 1.54) is 0 Å². The van der Waals surface area contributed by atoms with Gasteiger partial charge >= 0.3 is 0 Å². The summed E-state index contributed by atoms with van der Waals surface area (Å²) in [6.07, 6.45) is 1.64. The van der Waals surface area contributed by atoms with Crippen molar-refractivity contribution >= 4 is 11.6 Å². The van der Waals surface area contributed by atoms with E-state index >= 15 is 0 Å². The number of nitriles is 1. The molecule has 2 heterocycles. The van der Waals surface area contributed by atoms with Crippen molar-refractivity contribution in [3.05, 3.63) is 29.0 Å². The zero-order valence-corrected chi connectivity index (χ0v) is 7.58. The topological polar surface area (TPSA) is 45.9 Å². The Balaban J connectivity index is 2.46. The van der Waals surface area contributed by atoms with Gasteiger partial charge in [0.05, 0.1) is 30.0 Å². The van der Waals surface area contributed by atoms with Crippen LogP contribution in [0, 0.1) is 11.3 Å². The first-order valence-corrected chi connectivity index (χ1v) is 4.26. The van der Waals surface area contributed by atoms with Gasteiger partial charge in [0.25, 0.3) is 0 Å². The Kier molecular flexibility index (Phi) is 1.95. The molecule has 1 aliphatic rings. The van der Waals surface area contributed by atoms with Crippen LogP contribution in [0.25, 0.3) is 0 Å².